The fourth-order valence-electron chi connectivity index (χ4n) is 1.29. The third-order valence-corrected chi connectivity index (χ3v) is 2.06. The van der Waals surface area contributed by atoms with Crippen LogP contribution in [0.1, 0.15) is 13.3 Å². The van der Waals surface area contributed by atoms with Crippen molar-refractivity contribution in [1.29, 1.82) is 0 Å². The van der Waals surface area contributed by atoms with E-state index in [1.165, 1.54) is 6.07 Å². The highest BCUT2D eigenvalue weighted by Gasteiger charge is 2.13. The van der Waals surface area contributed by atoms with E-state index in [4.69, 9.17) is 5.11 Å². The molecule has 0 aliphatic rings. The highest BCUT2D eigenvalue weighted by molar-refractivity contribution is 5.61. The lowest BCUT2D eigenvalue weighted by Gasteiger charge is -2.13. The number of hydrogen-bond acceptors (Lipinski definition) is 4. The van der Waals surface area contributed by atoms with Gasteiger partial charge in [-0.05, 0) is 19.4 Å². The van der Waals surface area contributed by atoms with Gasteiger partial charge in [0.15, 0.2) is 0 Å². The van der Waals surface area contributed by atoms with Gasteiger partial charge in [-0.2, -0.15) is 0 Å². The van der Waals surface area contributed by atoms with E-state index >= 15 is 0 Å². The second-order valence-corrected chi connectivity index (χ2v) is 3.33. The van der Waals surface area contributed by atoms with Crippen molar-refractivity contribution in [2.45, 2.75) is 19.4 Å². The fourth-order valence-corrected chi connectivity index (χ4v) is 1.29. The number of nitrogens with one attached hydrogen (secondary N) is 1. The van der Waals surface area contributed by atoms with Crippen molar-refractivity contribution >= 4 is 11.4 Å². The van der Waals surface area contributed by atoms with Gasteiger partial charge in [0, 0.05) is 18.7 Å². The Hall–Kier alpha value is -1.62. The normalized spacial score (nSPS) is 12.1. The molecule has 0 saturated heterocycles. The minimum Gasteiger partial charge on any atom is -0.396 e. The molecule has 0 aromatic heterocycles. The molecule has 0 radical (unpaired) electrons. The maximum atomic E-state index is 10.7. The molecule has 0 heterocycles. The van der Waals surface area contributed by atoms with E-state index < -0.39 is 4.92 Å². The first kappa shape index (κ1) is 11.5. The molecule has 5 heteroatoms. The Morgan fingerprint density at radius 1 is 1.53 bits per heavy atom. The van der Waals surface area contributed by atoms with Crippen LogP contribution < -0.4 is 5.32 Å². The zero-order valence-electron chi connectivity index (χ0n) is 8.51. The van der Waals surface area contributed by atoms with Crippen LogP contribution in [0.5, 0.6) is 0 Å². The highest BCUT2D eigenvalue weighted by Crippen LogP contribution is 2.24. The number of nitrogens with zero attached hydrogens (tertiary/aromatic N) is 1. The number of nitro benzene ring substituents is 1. The standard InChI is InChI=1S/C10H14N2O3/c1-8(6-7-13)11-9-4-2-3-5-10(9)12(14)15/h2-5,8,11,13H,6-7H2,1H3. The van der Waals surface area contributed by atoms with Crippen molar-refractivity contribution in [3.8, 4) is 0 Å². The van der Waals surface area contributed by atoms with E-state index in [0.29, 0.717) is 12.1 Å². The van der Waals surface area contributed by atoms with Crippen LogP contribution in [0.3, 0.4) is 0 Å². The Morgan fingerprint density at radius 2 is 2.20 bits per heavy atom. The molecule has 1 unspecified atom stereocenters. The molecule has 82 valence electrons. The third-order valence-electron chi connectivity index (χ3n) is 2.06. The van der Waals surface area contributed by atoms with Crippen molar-refractivity contribution in [1.82, 2.24) is 0 Å². The summed E-state index contributed by atoms with van der Waals surface area (Å²) in [6.45, 7) is 1.93. The van der Waals surface area contributed by atoms with Crippen molar-refractivity contribution in [3.63, 3.8) is 0 Å². The Morgan fingerprint density at radius 3 is 2.80 bits per heavy atom. The Balaban J connectivity index is 2.79. The van der Waals surface area contributed by atoms with Crippen LogP contribution in [0.4, 0.5) is 11.4 Å². The summed E-state index contributed by atoms with van der Waals surface area (Å²) in [6.07, 6.45) is 0.562. The number of para-hydroxylation sites is 2. The van der Waals surface area contributed by atoms with E-state index in [1.54, 1.807) is 18.2 Å². The predicted octanol–water partition coefficient (Wildman–Crippen LogP) is 1.78. The van der Waals surface area contributed by atoms with Gasteiger partial charge >= 0.3 is 0 Å². The average Bonchev–Trinajstić information content (AvgIpc) is 2.18. The predicted molar refractivity (Wildman–Crippen MR) is 57.9 cm³/mol. The summed E-state index contributed by atoms with van der Waals surface area (Å²) in [5.41, 5.74) is 0.547. The Bertz CT molecular complexity index is 341. The molecular weight excluding hydrogens is 196 g/mol. The van der Waals surface area contributed by atoms with Crippen LogP contribution in [0.25, 0.3) is 0 Å². The molecule has 0 aliphatic heterocycles. The SMILES string of the molecule is CC(CCO)Nc1ccccc1[N+](=O)[O-]. The van der Waals surface area contributed by atoms with Gasteiger partial charge < -0.3 is 10.4 Å². The van der Waals surface area contributed by atoms with Crippen molar-refractivity contribution in [2.24, 2.45) is 0 Å². The Labute approximate surface area is 87.9 Å². The van der Waals surface area contributed by atoms with E-state index in [-0.39, 0.29) is 18.3 Å². The average molecular weight is 210 g/mol. The molecule has 2 N–H and O–H groups in total. The van der Waals surface area contributed by atoms with Crippen LogP contribution in [0.15, 0.2) is 24.3 Å². The first-order valence-corrected chi connectivity index (χ1v) is 4.76. The first-order chi connectivity index (χ1) is 7.15. The van der Waals surface area contributed by atoms with Crippen LogP contribution in [0.2, 0.25) is 0 Å². The lowest BCUT2D eigenvalue weighted by atomic mass is 10.2. The molecular formula is C10H14N2O3. The highest BCUT2D eigenvalue weighted by atomic mass is 16.6. The molecule has 0 spiro atoms. The number of rotatable bonds is 5. The zero-order chi connectivity index (χ0) is 11.3. The van der Waals surface area contributed by atoms with Gasteiger partial charge in [0.25, 0.3) is 5.69 Å². The van der Waals surface area contributed by atoms with E-state index in [9.17, 15) is 10.1 Å². The largest absolute Gasteiger partial charge is 0.396 e. The molecule has 0 fully saturated rings. The molecule has 15 heavy (non-hydrogen) atoms. The summed E-state index contributed by atoms with van der Waals surface area (Å²) in [6, 6.07) is 6.48. The van der Waals surface area contributed by atoms with E-state index in [0.717, 1.165) is 0 Å². The minimum absolute atomic E-state index is 0.0103. The number of benzene rings is 1. The van der Waals surface area contributed by atoms with Gasteiger partial charge in [-0.25, -0.2) is 0 Å². The van der Waals surface area contributed by atoms with Crippen LogP contribution in [0, 0.1) is 10.1 Å². The summed E-state index contributed by atoms with van der Waals surface area (Å²) in [7, 11) is 0. The van der Waals surface area contributed by atoms with Crippen molar-refractivity contribution < 1.29 is 10.0 Å². The molecule has 1 atom stereocenters. The smallest absolute Gasteiger partial charge is 0.292 e. The van der Waals surface area contributed by atoms with Gasteiger partial charge in [-0.15, -0.1) is 0 Å². The molecule has 0 saturated carbocycles. The van der Waals surface area contributed by atoms with Crippen LogP contribution in [-0.4, -0.2) is 22.7 Å². The van der Waals surface area contributed by atoms with Crippen LogP contribution in [-0.2, 0) is 0 Å². The summed E-state index contributed by atoms with van der Waals surface area (Å²) in [5.74, 6) is 0. The molecule has 1 aromatic carbocycles. The number of hydrogen-bond donors (Lipinski definition) is 2. The third kappa shape index (κ3) is 3.21. The summed E-state index contributed by atoms with van der Waals surface area (Å²) in [4.78, 5) is 10.3. The van der Waals surface area contributed by atoms with Gasteiger partial charge in [-0.3, -0.25) is 10.1 Å². The first-order valence-electron chi connectivity index (χ1n) is 4.76. The fraction of sp³-hybridized carbons (Fsp3) is 0.400. The molecule has 0 aliphatic carbocycles. The van der Waals surface area contributed by atoms with Crippen molar-refractivity contribution in [2.75, 3.05) is 11.9 Å². The summed E-state index contributed by atoms with van der Waals surface area (Å²) >= 11 is 0. The minimum atomic E-state index is -0.423. The number of aliphatic hydroxyl groups is 1. The van der Waals surface area contributed by atoms with Gasteiger partial charge in [0.2, 0.25) is 0 Å². The van der Waals surface area contributed by atoms with Gasteiger partial charge in [0.1, 0.15) is 5.69 Å². The second kappa shape index (κ2) is 5.31. The monoisotopic (exact) mass is 210 g/mol. The van der Waals surface area contributed by atoms with Gasteiger partial charge in [0.05, 0.1) is 4.92 Å². The summed E-state index contributed by atoms with van der Waals surface area (Å²) < 4.78 is 0. The number of aliphatic hydroxyl groups excluding tert-OH is 1. The lowest BCUT2D eigenvalue weighted by molar-refractivity contribution is -0.384. The summed E-state index contributed by atoms with van der Waals surface area (Å²) in [5, 5.41) is 22.4. The molecule has 1 aromatic rings. The second-order valence-electron chi connectivity index (χ2n) is 3.33. The molecule has 0 amide bonds. The maximum Gasteiger partial charge on any atom is 0.292 e. The molecule has 0 bridgehead atoms. The maximum absolute atomic E-state index is 10.7. The Kier molecular flexibility index (Phi) is 4.05. The number of nitro groups is 1. The quantitative estimate of drug-likeness (QED) is 0.573. The topological polar surface area (TPSA) is 75.4 Å². The van der Waals surface area contributed by atoms with Gasteiger partial charge in [-0.1, -0.05) is 12.1 Å². The van der Waals surface area contributed by atoms with E-state index in [1.807, 2.05) is 6.92 Å². The van der Waals surface area contributed by atoms with Crippen LogP contribution >= 0.6 is 0 Å². The van der Waals surface area contributed by atoms with Crippen molar-refractivity contribution in [3.05, 3.63) is 34.4 Å². The molecule has 5 nitrogen and oxygen atoms in total. The molecule has 1 rings (SSSR count). The zero-order valence-corrected chi connectivity index (χ0v) is 8.51. The lowest BCUT2D eigenvalue weighted by Crippen LogP contribution is -2.17. The number of anilines is 1. The van der Waals surface area contributed by atoms with E-state index in [2.05, 4.69) is 5.32 Å².